The average Bonchev–Trinajstić information content (AvgIpc) is 2.48. The summed E-state index contributed by atoms with van der Waals surface area (Å²) in [6.07, 6.45) is 6.00. The van der Waals surface area contributed by atoms with Crippen molar-refractivity contribution in [3.05, 3.63) is 33.9 Å². The number of aryl methyl sites for hydroxylation is 1. The zero-order valence-electron chi connectivity index (χ0n) is 13.1. The molecule has 0 saturated carbocycles. The van der Waals surface area contributed by atoms with E-state index < -0.39 is 0 Å². The van der Waals surface area contributed by atoms with Crippen LogP contribution < -0.4 is 4.74 Å². The Morgan fingerprint density at radius 2 is 1.95 bits per heavy atom. The number of benzene rings is 1. The van der Waals surface area contributed by atoms with Gasteiger partial charge in [0.25, 0.3) is 0 Å². The fourth-order valence-corrected chi connectivity index (χ4v) is 2.69. The quantitative estimate of drug-likeness (QED) is 0.432. The van der Waals surface area contributed by atoms with E-state index in [0.717, 1.165) is 24.9 Å². The molecule has 1 aromatic rings. The van der Waals surface area contributed by atoms with Gasteiger partial charge in [0.05, 0.1) is 11.5 Å². The normalized spacial score (nSPS) is 15.1. The minimum atomic E-state index is -0.386. The smallest absolute Gasteiger partial charge is 0.310 e. The van der Waals surface area contributed by atoms with E-state index in [1.54, 1.807) is 12.1 Å². The molecule has 0 N–H and O–H groups in total. The lowest BCUT2D eigenvalue weighted by Gasteiger charge is -2.26. The van der Waals surface area contributed by atoms with E-state index in [9.17, 15) is 10.1 Å². The van der Waals surface area contributed by atoms with E-state index in [1.165, 1.54) is 38.4 Å². The lowest BCUT2D eigenvalue weighted by atomic mass is 10.1. The van der Waals surface area contributed by atoms with Crippen LogP contribution in [0.5, 0.6) is 5.75 Å². The zero-order chi connectivity index (χ0) is 15.1. The molecule has 1 heterocycles. The van der Waals surface area contributed by atoms with Gasteiger partial charge in [0.15, 0.2) is 5.75 Å². The highest BCUT2D eigenvalue weighted by Gasteiger charge is 2.14. The molecule has 0 radical (unpaired) electrons. The first-order valence-corrected chi connectivity index (χ1v) is 7.77. The molecule has 1 aromatic carbocycles. The van der Waals surface area contributed by atoms with E-state index in [4.69, 9.17) is 4.74 Å². The molecule has 0 atom stereocenters. The Balaban J connectivity index is 0.00000242. The lowest BCUT2D eigenvalue weighted by molar-refractivity contribution is -0.385. The summed E-state index contributed by atoms with van der Waals surface area (Å²) in [5, 5.41) is 10.9. The Hall–Kier alpha value is -1.33. The average molecular weight is 329 g/mol. The van der Waals surface area contributed by atoms with Gasteiger partial charge in [-0.3, -0.25) is 10.1 Å². The highest BCUT2D eigenvalue weighted by molar-refractivity contribution is 5.85. The van der Waals surface area contributed by atoms with Gasteiger partial charge >= 0.3 is 5.69 Å². The van der Waals surface area contributed by atoms with Gasteiger partial charge in [-0.2, -0.15) is 0 Å². The maximum absolute atomic E-state index is 10.9. The van der Waals surface area contributed by atoms with Crippen LogP contribution in [0.15, 0.2) is 18.2 Å². The number of halogens is 1. The van der Waals surface area contributed by atoms with Crippen LogP contribution in [0.2, 0.25) is 0 Å². The minimum absolute atomic E-state index is 0. The van der Waals surface area contributed by atoms with Crippen LogP contribution in [0, 0.1) is 17.0 Å². The molecule has 0 unspecified atom stereocenters. The standard InChI is InChI=1S/C16H24N2O3.ClH/c1-14-7-8-15(18(19)20)16(13-14)21-12-6-5-11-17-9-3-2-4-10-17;/h7-8,13H,2-6,9-12H2,1H3;1H. The molecule has 124 valence electrons. The number of hydrogen-bond donors (Lipinski definition) is 0. The second-order valence-corrected chi connectivity index (χ2v) is 5.69. The fraction of sp³-hybridized carbons (Fsp3) is 0.625. The molecule has 1 fully saturated rings. The lowest BCUT2D eigenvalue weighted by Crippen LogP contribution is -2.30. The molecule has 6 heteroatoms. The van der Waals surface area contributed by atoms with Crippen molar-refractivity contribution < 1.29 is 9.66 Å². The van der Waals surface area contributed by atoms with Crippen LogP contribution in [-0.2, 0) is 0 Å². The molecule has 5 nitrogen and oxygen atoms in total. The number of nitro groups is 1. The third-order valence-corrected chi connectivity index (χ3v) is 3.89. The second kappa shape index (κ2) is 9.64. The minimum Gasteiger partial charge on any atom is -0.487 e. The van der Waals surface area contributed by atoms with Crippen molar-refractivity contribution in [1.82, 2.24) is 4.90 Å². The number of nitrogens with zero attached hydrogens (tertiary/aromatic N) is 2. The van der Waals surface area contributed by atoms with Crippen LogP contribution >= 0.6 is 12.4 Å². The van der Waals surface area contributed by atoms with Crippen molar-refractivity contribution in [1.29, 1.82) is 0 Å². The van der Waals surface area contributed by atoms with E-state index in [1.807, 2.05) is 6.92 Å². The van der Waals surface area contributed by atoms with Crippen LogP contribution in [0.1, 0.15) is 37.7 Å². The first kappa shape index (κ1) is 18.7. The Labute approximate surface area is 138 Å². The van der Waals surface area contributed by atoms with Gasteiger partial charge in [-0.05, 0) is 63.9 Å². The molecule has 0 bridgehead atoms. The Morgan fingerprint density at radius 3 is 2.64 bits per heavy atom. The summed E-state index contributed by atoms with van der Waals surface area (Å²) in [5.74, 6) is 0.387. The maximum Gasteiger partial charge on any atom is 0.310 e. The van der Waals surface area contributed by atoms with E-state index in [-0.39, 0.29) is 23.0 Å². The number of hydrogen-bond acceptors (Lipinski definition) is 4. The van der Waals surface area contributed by atoms with Gasteiger partial charge in [0.2, 0.25) is 0 Å². The largest absolute Gasteiger partial charge is 0.487 e. The summed E-state index contributed by atoms with van der Waals surface area (Å²) in [7, 11) is 0. The van der Waals surface area contributed by atoms with Crippen molar-refractivity contribution in [3.8, 4) is 5.75 Å². The number of ether oxygens (including phenoxy) is 1. The first-order chi connectivity index (χ1) is 10.2. The summed E-state index contributed by atoms with van der Waals surface area (Å²) in [4.78, 5) is 13.1. The van der Waals surface area contributed by atoms with Gasteiger partial charge in [0.1, 0.15) is 0 Å². The number of likely N-dealkylation sites (tertiary alicyclic amines) is 1. The molecule has 2 rings (SSSR count). The van der Waals surface area contributed by atoms with Crippen molar-refractivity contribution in [3.63, 3.8) is 0 Å². The molecule has 0 amide bonds. The Morgan fingerprint density at radius 1 is 1.23 bits per heavy atom. The third kappa shape index (κ3) is 5.81. The fourth-order valence-electron chi connectivity index (χ4n) is 2.69. The monoisotopic (exact) mass is 328 g/mol. The number of piperidine rings is 1. The molecule has 0 aromatic heterocycles. The SMILES string of the molecule is Cc1ccc([N+](=O)[O-])c(OCCCCN2CCCCC2)c1.Cl. The van der Waals surface area contributed by atoms with E-state index >= 15 is 0 Å². The van der Waals surface area contributed by atoms with E-state index in [2.05, 4.69) is 4.90 Å². The van der Waals surface area contributed by atoms with Gasteiger partial charge in [-0.15, -0.1) is 12.4 Å². The predicted molar refractivity (Wildman–Crippen MR) is 90.1 cm³/mol. The summed E-state index contributed by atoms with van der Waals surface area (Å²) < 4.78 is 5.61. The molecule has 1 aliphatic heterocycles. The van der Waals surface area contributed by atoms with Crippen molar-refractivity contribution in [2.24, 2.45) is 0 Å². The highest BCUT2D eigenvalue weighted by atomic mass is 35.5. The number of unbranched alkanes of at least 4 members (excludes halogenated alkanes) is 1. The van der Waals surface area contributed by atoms with Crippen molar-refractivity contribution in [2.75, 3.05) is 26.2 Å². The third-order valence-electron chi connectivity index (χ3n) is 3.89. The van der Waals surface area contributed by atoms with E-state index in [0.29, 0.717) is 12.4 Å². The number of rotatable bonds is 7. The zero-order valence-corrected chi connectivity index (χ0v) is 13.9. The van der Waals surface area contributed by atoms with Crippen LogP contribution in [0.4, 0.5) is 5.69 Å². The topological polar surface area (TPSA) is 55.6 Å². The molecular formula is C16H25ClN2O3. The molecule has 0 aliphatic carbocycles. The molecular weight excluding hydrogens is 304 g/mol. The van der Waals surface area contributed by atoms with Crippen LogP contribution in [0.25, 0.3) is 0 Å². The van der Waals surface area contributed by atoms with Gasteiger partial charge in [-0.25, -0.2) is 0 Å². The van der Waals surface area contributed by atoms with Gasteiger partial charge in [0, 0.05) is 6.07 Å². The first-order valence-electron chi connectivity index (χ1n) is 7.77. The summed E-state index contributed by atoms with van der Waals surface area (Å²) in [6, 6.07) is 4.99. The molecule has 1 saturated heterocycles. The predicted octanol–water partition coefficient (Wildman–Crippen LogP) is 3.97. The summed E-state index contributed by atoms with van der Waals surface area (Å²) in [6.45, 7) is 5.98. The van der Waals surface area contributed by atoms with Crippen LogP contribution in [-0.4, -0.2) is 36.1 Å². The summed E-state index contributed by atoms with van der Waals surface area (Å²) >= 11 is 0. The molecule has 22 heavy (non-hydrogen) atoms. The highest BCUT2D eigenvalue weighted by Crippen LogP contribution is 2.27. The van der Waals surface area contributed by atoms with Gasteiger partial charge < -0.3 is 9.64 Å². The molecule has 0 spiro atoms. The Bertz CT molecular complexity index is 476. The van der Waals surface area contributed by atoms with Gasteiger partial charge in [-0.1, -0.05) is 12.5 Å². The second-order valence-electron chi connectivity index (χ2n) is 5.69. The number of nitro benzene ring substituents is 1. The summed E-state index contributed by atoms with van der Waals surface area (Å²) in [5.41, 5.74) is 1.03. The van der Waals surface area contributed by atoms with Crippen LogP contribution in [0.3, 0.4) is 0 Å². The molecule has 1 aliphatic rings. The van der Waals surface area contributed by atoms with Crippen molar-refractivity contribution >= 4 is 18.1 Å². The Kier molecular flexibility index (Phi) is 8.20. The maximum atomic E-state index is 10.9. The van der Waals surface area contributed by atoms with Crippen molar-refractivity contribution in [2.45, 2.75) is 39.0 Å².